The molecule has 0 aliphatic heterocycles. The van der Waals surface area contributed by atoms with Gasteiger partial charge in [-0.1, -0.05) is 19.1 Å². The number of rotatable bonds is 6. The van der Waals surface area contributed by atoms with E-state index in [1.165, 1.54) is 7.11 Å². The molecule has 1 amide bonds. The summed E-state index contributed by atoms with van der Waals surface area (Å²) >= 11 is 0. The number of halogens is 3. The number of methoxy groups -OCH3 is 1. The SMILES string of the molecule is CCc1nc2c(F)ccc([O])c2c(OC(F)F)c1Cc1ccc(NC(=O)OC)cc1. The number of ether oxygens (including phenoxy) is 2. The second-order valence-electron chi connectivity index (χ2n) is 6.36. The second kappa shape index (κ2) is 8.89. The number of carbonyl (C=O) groups excluding carboxylic acids is 1. The van der Waals surface area contributed by atoms with E-state index in [1.54, 1.807) is 31.2 Å². The van der Waals surface area contributed by atoms with Crippen LogP contribution >= 0.6 is 0 Å². The average molecular weight is 419 g/mol. The van der Waals surface area contributed by atoms with Crippen molar-refractivity contribution in [2.75, 3.05) is 12.4 Å². The number of nitrogens with zero attached hydrogens (tertiary/aromatic N) is 1. The van der Waals surface area contributed by atoms with Crippen molar-refractivity contribution in [3.05, 3.63) is 59.0 Å². The van der Waals surface area contributed by atoms with E-state index >= 15 is 0 Å². The van der Waals surface area contributed by atoms with Gasteiger partial charge in [0.2, 0.25) is 0 Å². The highest BCUT2D eigenvalue weighted by Gasteiger charge is 2.23. The molecule has 30 heavy (non-hydrogen) atoms. The number of hydrogen-bond acceptors (Lipinski definition) is 4. The Hall–Kier alpha value is -3.49. The summed E-state index contributed by atoms with van der Waals surface area (Å²) in [6.45, 7) is -1.46. The normalized spacial score (nSPS) is 11.0. The summed E-state index contributed by atoms with van der Waals surface area (Å²) in [5, 5.41) is 14.5. The van der Waals surface area contributed by atoms with Crippen LogP contribution in [0, 0.1) is 5.82 Å². The molecule has 9 heteroatoms. The molecule has 1 heterocycles. The zero-order chi connectivity index (χ0) is 21.8. The van der Waals surface area contributed by atoms with Crippen molar-refractivity contribution in [2.45, 2.75) is 26.4 Å². The summed E-state index contributed by atoms with van der Waals surface area (Å²) in [6.07, 6.45) is -0.203. The van der Waals surface area contributed by atoms with Gasteiger partial charge in [0.15, 0.2) is 5.75 Å². The van der Waals surface area contributed by atoms with E-state index in [2.05, 4.69) is 19.8 Å². The van der Waals surface area contributed by atoms with E-state index in [1.807, 2.05) is 0 Å². The Morgan fingerprint density at radius 1 is 1.17 bits per heavy atom. The van der Waals surface area contributed by atoms with Gasteiger partial charge in [-0.05, 0) is 36.2 Å². The van der Waals surface area contributed by atoms with Crippen LogP contribution in [0.25, 0.3) is 10.9 Å². The first kappa shape index (κ1) is 21.2. The lowest BCUT2D eigenvalue weighted by molar-refractivity contribution is -0.0494. The number of aromatic nitrogens is 1. The minimum atomic E-state index is -3.20. The Bertz CT molecular complexity index is 1070. The first-order valence-corrected chi connectivity index (χ1v) is 9.03. The maximum Gasteiger partial charge on any atom is 0.411 e. The number of carbonyl (C=O) groups is 1. The maximum absolute atomic E-state index is 14.2. The largest absolute Gasteiger partial charge is 0.453 e. The number of amides is 1. The fourth-order valence-electron chi connectivity index (χ4n) is 3.13. The molecule has 2 aromatic carbocycles. The van der Waals surface area contributed by atoms with Gasteiger partial charge in [0.25, 0.3) is 0 Å². The third-order valence-corrected chi connectivity index (χ3v) is 4.50. The van der Waals surface area contributed by atoms with Crippen LogP contribution in [0.3, 0.4) is 0 Å². The van der Waals surface area contributed by atoms with Gasteiger partial charge in [0.05, 0.1) is 12.5 Å². The molecule has 0 aliphatic rings. The number of pyridine rings is 1. The van der Waals surface area contributed by atoms with Gasteiger partial charge in [-0.15, -0.1) is 0 Å². The summed E-state index contributed by atoms with van der Waals surface area (Å²) in [6, 6.07) is 8.48. The van der Waals surface area contributed by atoms with E-state index in [4.69, 9.17) is 0 Å². The fraction of sp³-hybridized carbons (Fsp3) is 0.238. The second-order valence-corrected chi connectivity index (χ2v) is 6.36. The molecule has 1 radical (unpaired) electrons. The molecule has 3 aromatic rings. The van der Waals surface area contributed by atoms with Gasteiger partial charge in [0.1, 0.15) is 17.1 Å². The smallest absolute Gasteiger partial charge is 0.411 e. The van der Waals surface area contributed by atoms with Crippen LogP contribution in [0.4, 0.5) is 23.7 Å². The summed E-state index contributed by atoms with van der Waals surface area (Å²) in [5.41, 5.74) is 1.49. The van der Waals surface area contributed by atoms with Crippen molar-refractivity contribution in [3.8, 4) is 11.5 Å². The number of fused-ring (bicyclic) bond motifs is 1. The molecule has 1 aromatic heterocycles. The van der Waals surface area contributed by atoms with E-state index in [0.717, 1.165) is 12.1 Å². The van der Waals surface area contributed by atoms with Crippen molar-refractivity contribution in [2.24, 2.45) is 0 Å². The van der Waals surface area contributed by atoms with E-state index in [-0.39, 0.29) is 28.6 Å². The molecule has 6 nitrogen and oxygen atoms in total. The van der Waals surface area contributed by atoms with E-state index < -0.39 is 24.3 Å². The standard InChI is InChI=1S/C21H18F3N2O4/c1-3-15-13(10-11-4-6-12(7-5-11)25-21(28)29-2)19(30-20(23)24)17-16(27)9-8-14(22)18(17)26-15/h4-9,20H,3,10H2,1-2H3,(H,25,28). The first-order chi connectivity index (χ1) is 14.3. The number of benzene rings is 2. The fourth-order valence-corrected chi connectivity index (χ4v) is 3.13. The lowest BCUT2D eigenvalue weighted by Gasteiger charge is -2.17. The molecule has 0 aliphatic carbocycles. The summed E-state index contributed by atoms with van der Waals surface area (Å²) < 4.78 is 49.8. The molecule has 0 unspecified atom stereocenters. The number of nitrogens with one attached hydrogen (secondary N) is 1. The molecule has 0 saturated carbocycles. The Balaban J connectivity index is 2.10. The van der Waals surface area contributed by atoms with Crippen LogP contribution in [0.1, 0.15) is 23.7 Å². The maximum atomic E-state index is 14.2. The third kappa shape index (κ3) is 4.40. The minimum absolute atomic E-state index is 0.114. The predicted molar refractivity (Wildman–Crippen MR) is 103 cm³/mol. The first-order valence-electron chi connectivity index (χ1n) is 9.03. The number of alkyl halides is 2. The van der Waals surface area contributed by atoms with Gasteiger partial charge in [-0.3, -0.25) is 10.4 Å². The van der Waals surface area contributed by atoms with Crippen LogP contribution in [0.5, 0.6) is 11.5 Å². The Kier molecular flexibility index (Phi) is 6.29. The Morgan fingerprint density at radius 3 is 2.47 bits per heavy atom. The van der Waals surface area contributed by atoms with Crippen molar-refractivity contribution in [1.82, 2.24) is 4.98 Å². The molecular formula is C21H18F3N2O4. The molecule has 0 spiro atoms. The number of anilines is 1. The number of hydrogen-bond donors (Lipinski definition) is 1. The zero-order valence-corrected chi connectivity index (χ0v) is 16.2. The quantitative estimate of drug-likeness (QED) is 0.576. The lowest BCUT2D eigenvalue weighted by atomic mass is 9.98. The molecule has 3 rings (SSSR count). The van der Waals surface area contributed by atoms with Crippen molar-refractivity contribution >= 4 is 22.7 Å². The third-order valence-electron chi connectivity index (χ3n) is 4.50. The minimum Gasteiger partial charge on any atom is -0.453 e. The lowest BCUT2D eigenvalue weighted by Crippen LogP contribution is -2.11. The average Bonchev–Trinajstić information content (AvgIpc) is 2.72. The highest BCUT2D eigenvalue weighted by molar-refractivity contribution is 5.92. The molecule has 1 N–H and O–H groups in total. The van der Waals surface area contributed by atoms with Crippen LogP contribution in [0.15, 0.2) is 36.4 Å². The van der Waals surface area contributed by atoms with Gasteiger partial charge in [-0.25, -0.2) is 14.2 Å². The Labute approximate surface area is 170 Å². The Morgan fingerprint density at radius 2 is 1.87 bits per heavy atom. The van der Waals surface area contributed by atoms with E-state index in [0.29, 0.717) is 23.4 Å². The zero-order valence-electron chi connectivity index (χ0n) is 16.2. The van der Waals surface area contributed by atoms with Crippen molar-refractivity contribution < 1.29 is 32.5 Å². The highest BCUT2D eigenvalue weighted by Crippen LogP contribution is 2.40. The van der Waals surface area contributed by atoms with E-state index in [9.17, 15) is 23.1 Å². The predicted octanol–water partition coefficient (Wildman–Crippen LogP) is 5.45. The highest BCUT2D eigenvalue weighted by atomic mass is 19.3. The van der Waals surface area contributed by atoms with Gasteiger partial charge < -0.3 is 9.47 Å². The molecule has 0 saturated heterocycles. The molecule has 0 fully saturated rings. The summed E-state index contributed by atoms with van der Waals surface area (Å²) in [4.78, 5) is 15.5. The molecule has 0 bridgehead atoms. The van der Waals surface area contributed by atoms with Crippen molar-refractivity contribution in [3.63, 3.8) is 0 Å². The van der Waals surface area contributed by atoms with Crippen molar-refractivity contribution in [1.29, 1.82) is 0 Å². The van der Waals surface area contributed by atoms with Gasteiger partial charge in [-0.2, -0.15) is 8.78 Å². The topological polar surface area (TPSA) is 80.4 Å². The number of aryl methyl sites for hydroxylation is 1. The van der Waals surface area contributed by atoms with Gasteiger partial charge in [0, 0.05) is 23.4 Å². The molecular weight excluding hydrogens is 401 g/mol. The molecule has 157 valence electrons. The van der Waals surface area contributed by atoms with Crippen LogP contribution < -0.4 is 10.1 Å². The monoisotopic (exact) mass is 419 g/mol. The molecule has 0 atom stereocenters. The summed E-state index contributed by atoms with van der Waals surface area (Å²) in [5.74, 6) is -1.81. The van der Waals surface area contributed by atoms with Crippen LogP contribution in [-0.2, 0) is 22.7 Å². The van der Waals surface area contributed by atoms with Crippen LogP contribution in [-0.4, -0.2) is 24.8 Å². The summed E-state index contributed by atoms with van der Waals surface area (Å²) in [7, 11) is 1.24. The van der Waals surface area contributed by atoms with Gasteiger partial charge >= 0.3 is 12.7 Å². The van der Waals surface area contributed by atoms with Crippen LogP contribution in [0.2, 0.25) is 0 Å².